The Morgan fingerprint density at radius 3 is 1.56 bits per heavy atom. The van der Waals surface area contributed by atoms with E-state index in [2.05, 4.69) is 0 Å². The molecule has 0 N–H and O–H groups in total. The Labute approximate surface area is 94.6 Å². The summed E-state index contributed by atoms with van der Waals surface area (Å²) in [7, 11) is 0. The number of Topliss-reactive ketones (excluding diaryl/α,β-unsaturated/α-hetero) is 1. The highest BCUT2D eigenvalue weighted by molar-refractivity contribution is 5.93. The molecular formula is C14H13FO. The van der Waals surface area contributed by atoms with Gasteiger partial charge in [0.05, 0.1) is 0 Å². The number of halogens is 1. The normalized spacial score (nSPS) is 8.88. The van der Waals surface area contributed by atoms with E-state index in [1.165, 1.54) is 12.1 Å². The summed E-state index contributed by atoms with van der Waals surface area (Å²) in [5, 5.41) is 0. The third-order valence-corrected chi connectivity index (χ3v) is 1.91. The molecule has 0 radical (unpaired) electrons. The number of hydrogen-bond donors (Lipinski definition) is 0. The van der Waals surface area contributed by atoms with Gasteiger partial charge in [-0.3, -0.25) is 4.79 Å². The summed E-state index contributed by atoms with van der Waals surface area (Å²) in [6, 6.07) is 17.2. The van der Waals surface area contributed by atoms with Crippen molar-refractivity contribution in [2.75, 3.05) is 0 Å². The highest BCUT2D eigenvalue weighted by Gasteiger charge is 1.92. The van der Waals surface area contributed by atoms with Crippen molar-refractivity contribution in [1.29, 1.82) is 0 Å². The maximum atomic E-state index is 11.9. The van der Waals surface area contributed by atoms with Gasteiger partial charge in [0, 0.05) is 5.56 Å². The van der Waals surface area contributed by atoms with Gasteiger partial charge >= 0.3 is 0 Å². The second-order valence-corrected chi connectivity index (χ2v) is 3.22. The van der Waals surface area contributed by atoms with Crippen LogP contribution in [0.4, 0.5) is 4.39 Å². The van der Waals surface area contributed by atoms with E-state index in [1.54, 1.807) is 25.1 Å². The Hall–Kier alpha value is -1.96. The van der Waals surface area contributed by atoms with E-state index in [0.29, 0.717) is 0 Å². The Bertz CT molecular complexity index is 423. The van der Waals surface area contributed by atoms with Crippen molar-refractivity contribution in [2.24, 2.45) is 0 Å². The maximum Gasteiger partial charge on any atom is 0.159 e. The van der Waals surface area contributed by atoms with Crippen molar-refractivity contribution < 1.29 is 9.18 Å². The van der Waals surface area contributed by atoms with Crippen LogP contribution >= 0.6 is 0 Å². The van der Waals surface area contributed by atoms with E-state index >= 15 is 0 Å². The van der Waals surface area contributed by atoms with Crippen LogP contribution in [0, 0.1) is 5.82 Å². The van der Waals surface area contributed by atoms with Crippen LogP contribution < -0.4 is 0 Å². The van der Waals surface area contributed by atoms with Crippen LogP contribution in [0.5, 0.6) is 0 Å². The quantitative estimate of drug-likeness (QED) is 0.664. The molecule has 2 heteroatoms. The average molecular weight is 216 g/mol. The maximum absolute atomic E-state index is 11.9. The van der Waals surface area contributed by atoms with Crippen LogP contribution in [-0.2, 0) is 0 Å². The predicted octanol–water partition coefficient (Wildman–Crippen LogP) is 3.71. The number of carbonyl (C=O) groups is 1. The smallest absolute Gasteiger partial charge is 0.159 e. The first kappa shape index (κ1) is 12.1. The molecule has 0 heterocycles. The molecule has 0 unspecified atom stereocenters. The zero-order valence-corrected chi connectivity index (χ0v) is 9.06. The van der Waals surface area contributed by atoms with Gasteiger partial charge in [0.2, 0.25) is 0 Å². The molecule has 0 aliphatic heterocycles. The molecule has 2 rings (SSSR count). The van der Waals surface area contributed by atoms with Crippen molar-refractivity contribution in [3.63, 3.8) is 0 Å². The van der Waals surface area contributed by atoms with E-state index < -0.39 is 0 Å². The third kappa shape index (κ3) is 4.51. The van der Waals surface area contributed by atoms with Gasteiger partial charge in [-0.1, -0.05) is 48.5 Å². The molecule has 0 aromatic heterocycles. The molecular weight excluding hydrogens is 203 g/mol. The molecule has 0 aliphatic rings. The van der Waals surface area contributed by atoms with Gasteiger partial charge in [0.15, 0.2) is 5.78 Å². The molecule has 0 fully saturated rings. The van der Waals surface area contributed by atoms with E-state index in [4.69, 9.17) is 0 Å². The van der Waals surface area contributed by atoms with Crippen molar-refractivity contribution in [1.82, 2.24) is 0 Å². The van der Waals surface area contributed by atoms with Crippen LogP contribution in [0.25, 0.3) is 0 Å². The van der Waals surface area contributed by atoms with Crippen molar-refractivity contribution in [3.8, 4) is 0 Å². The number of ketones is 1. The lowest BCUT2D eigenvalue weighted by Crippen LogP contribution is -1.88. The van der Waals surface area contributed by atoms with E-state index in [0.717, 1.165) is 5.56 Å². The minimum absolute atomic E-state index is 0.121. The van der Waals surface area contributed by atoms with Crippen LogP contribution in [0.15, 0.2) is 60.7 Å². The minimum Gasteiger partial charge on any atom is -0.295 e. The fraction of sp³-hybridized carbons (Fsp3) is 0.0714. The zero-order valence-electron chi connectivity index (χ0n) is 9.06. The van der Waals surface area contributed by atoms with Crippen LogP contribution in [0.3, 0.4) is 0 Å². The monoisotopic (exact) mass is 216 g/mol. The molecule has 82 valence electrons. The van der Waals surface area contributed by atoms with Gasteiger partial charge in [-0.25, -0.2) is 4.39 Å². The van der Waals surface area contributed by atoms with Crippen molar-refractivity contribution in [3.05, 3.63) is 72.0 Å². The fourth-order valence-electron chi connectivity index (χ4n) is 1.09. The number of rotatable bonds is 1. The Kier molecular flexibility index (Phi) is 4.93. The Balaban J connectivity index is 0.000000165. The van der Waals surface area contributed by atoms with Gasteiger partial charge in [-0.2, -0.15) is 0 Å². The highest BCUT2D eigenvalue weighted by atomic mass is 19.1. The largest absolute Gasteiger partial charge is 0.295 e. The van der Waals surface area contributed by atoms with E-state index in [9.17, 15) is 9.18 Å². The molecule has 16 heavy (non-hydrogen) atoms. The number of hydrogen-bond acceptors (Lipinski definition) is 1. The number of benzene rings is 2. The summed E-state index contributed by atoms with van der Waals surface area (Å²) in [5.74, 6) is -0.0573. The molecule has 0 saturated heterocycles. The minimum atomic E-state index is -0.178. The molecule has 0 saturated carbocycles. The Morgan fingerprint density at radius 2 is 1.31 bits per heavy atom. The number of carbonyl (C=O) groups excluding carboxylic acids is 1. The fourth-order valence-corrected chi connectivity index (χ4v) is 1.09. The van der Waals surface area contributed by atoms with Crippen molar-refractivity contribution >= 4 is 5.78 Å². The summed E-state index contributed by atoms with van der Waals surface area (Å²) in [5.41, 5.74) is 0.775. The van der Waals surface area contributed by atoms with Crippen molar-refractivity contribution in [2.45, 2.75) is 6.92 Å². The second kappa shape index (κ2) is 6.51. The molecule has 0 amide bonds. The molecule has 2 aromatic carbocycles. The Morgan fingerprint density at radius 1 is 0.875 bits per heavy atom. The van der Waals surface area contributed by atoms with Gasteiger partial charge in [-0.15, -0.1) is 0 Å². The highest BCUT2D eigenvalue weighted by Crippen LogP contribution is 1.97. The van der Waals surface area contributed by atoms with Gasteiger partial charge < -0.3 is 0 Å². The third-order valence-electron chi connectivity index (χ3n) is 1.91. The van der Waals surface area contributed by atoms with Crippen LogP contribution in [0.2, 0.25) is 0 Å². The lowest BCUT2D eigenvalue weighted by molar-refractivity contribution is 0.101. The zero-order chi connectivity index (χ0) is 11.8. The molecule has 0 bridgehead atoms. The predicted molar refractivity (Wildman–Crippen MR) is 62.8 cm³/mol. The van der Waals surface area contributed by atoms with Gasteiger partial charge in [0.25, 0.3) is 0 Å². The lowest BCUT2D eigenvalue weighted by Gasteiger charge is -1.89. The molecule has 0 spiro atoms. The van der Waals surface area contributed by atoms with Crippen LogP contribution in [-0.4, -0.2) is 5.78 Å². The van der Waals surface area contributed by atoms with E-state index in [1.807, 2.05) is 30.3 Å². The molecule has 0 aliphatic carbocycles. The van der Waals surface area contributed by atoms with Gasteiger partial charge in [0.1, 0.15) is 5.82 Å². The first-order chi connectivity index (χ1) is 7.70. The topological polar surface area (TPSA) is 17.1 Å². The summed E-state index contributed by atoms with van der Waals surface area (Å²) >= 11 is 0. The standard InChI is InChI=1S/C8H8O.C6H5F/c1-7(9)8-5-3-2-4-6-8;7-6-4-2-1-3-5-6/h2-6H,1H3;1-5H. The summed E-state index contributed by atoms with van der Waals surface area (Å²) in [6.07, 6.45) is 0. The second-order valence-electron chi connectivity index (χ2n) is 3.22. The lowest BCUT2D eigenvalue weighted by atomic mass is 10.2. The summed E-state index contributed by atoms with van der Waals surface area (Å²) in [4.78, 5) is 10.6. The summed E-state index contributed by atoms with van der Waals surface area (Å²) < 4.78 is 11.9. The average Bonchev–Trinajstić information content (AvgIpc) is 2.32. The SMILES string of the molecule is CC(=O)c1ccccc1.Fc1ccccc1. The molecule has 2 aromatic rings. The molecule has 0 atom stereocenters. The first-order valence-corrected chi connectivity index (χ1v) is 4.96. The molecule has 1 nitrogen and oxygen atoms in total. The van der Waals surface area contributed by atoms with Gasteiger partial charge in [-0.05, 0) is 19.1 Å². The first-order valence-electron chi connectivity index (χ1n) is 4.96. The summed E-state index contributed by atoms with van der Waals surface area (Å²) in [6.45, 7) is 1.56. The van der Waals surface area contributed by atoms with Crippen LogP contribution in [0.1, 0.15) is 17.3 Å². The van der Waals surface area contributed by atoms with E-state index in [-0.39, 0.29) is 11.6 Å².